The van der Waals surface area contributed by atoms with Crippen LogP contribution in [-0.4, -0.2) is 46.8 Å². The lowest BCUT2D eigenvalue weighted by molar-refractivity contribution is 0.318. The molecule has 0 aliphatic heterocycles. The van der Waals surface area contributed by atoms with Gasteiger partial charge in [-0.3, -0.25) is 0 Å². The average molecular weight is 372 g/mol. The monoisotopic (exact) mass is 372 g/mol. The molecule has 0 radical (unpaired) electrons. The third-order valence-electron chi connectivity index (χ3n) is 3.61. The number of hydrogen-bond acceptors (Lipinski definition) is 7. The predicted molar refractivity (Wildman–Crippen MR) is 99.5 cm³/mol. The van der Waals surface area contributed by atoms with Gasteiger partial charge in [0, 0.05) is 5.75 Å². The third-order valence-corrected chi connectivity index (χ3v) is 4.61. The molecule has 0 saturated carbocycles. The van der Waals surface area contributed by atoms with Gasteiger partial charge in [0.05, 0.1) is 26.5 Å². The van der Waals surface area contributed by atoms with Gasteiger partial charge < -0.3 is 14.2 Å². The van der Waals surface area contributed by atoms with Crippen LogP contribution >= 0.6 is 11.8 Å². The molecular formula is C18H20N4O3S. The van der Waals surface area contributed by atoms with E-state index in [1.165, 1.54) is 0 Å². The van der Waals surface area contributed by atoms with E-state index in [0.29, 0.717) is 6.61 Å². The van der Waals surface area contributed by atoms with E-state index in [2.05, 4.69) is 15.5 Å². The maximum atomic E-state index is 5.72. The highest BCUT2D eigenvalue weighted by atomic mass is 32.2. The van der Waals surface area contributed by atoms with E-state index in [1.807, 2.05) is 48.5 Å². The van der Waals surface area contributed by atoms with Gasteiger partial charge in [-0.1, -0.05) is 11.8 Å². The first kappa shape index (κ1) is 18.1. The topological polar surface area (TPSA) is 71.3 Å². The second-order valence-electron chi connectivity index (χ2n) is 5.30. The number of thioether (sulfide) groups is 1. The molecule has 26 heavy (non-hydrogen) atoms. The van der Waals surface area contributed by atoms with Gasteiger partial charge in [0.25, 0.3) is 0 Å². The molecule has 0 unspecified atom stereocenters. The maximum absolute atomic E-state index is 5.72. The zero-order chi connectivity index (χ0) is 18.2. The number of aromatic nitrogens is 4. The summed E-state index contributed by atoms with van der Waals surface area (Å²) >= 11 is 1.60. The van der Waals surface area contributed by atoms with Gasteiger partial charge in [0.2, 0.25) is 5.16 Å². The lowest BCUT2D eigenvalue weighted by atomic mass is 10.3. The highest BCUT2D eigenvalue weighted by Crippen LogP contribution is 2.21. The highest BCUT2D eigenvalue weighted by Gasteiger charge is 2.09. The van der Waals surface area contributed by atoms with Crippen LogP contribution < -0.4 is 14.2 Å². The van der Waals surface area contributed by atoms with Gasteiger partial charge in [-0.05, 0) is 65.4 Å². The van der Waals surface area contributed by atoms with Crippen molar-refractivity contribution < 1.29 is 14.2 Å². The molecule has 0 aliphatic rings. The van der Waals surface area contributed by atoms with Crippen molar-refractivity contribution in [2.45, 2.75) is 11.6 Å². The van der Waals surface area contributed by atoms with Gasteiger partial charge in [-0.25, -0.2) is 0 Å². The van der Waals surface area contributed by atoms with E-state index in [1.54, 1.807) is 30.7 Å². The van der Waals surface area contributed by atoms with Gasteiger partial charge in [-0.15, -0.1) is 5.10 Å². The second-order valence-corrected chi connectivity index (χ2v) is 6.36. The Kier molecular flexibility index (Phi) is 6.32. The lowest BCUT2D eigenvalue weighted by Crippen LogP contribution is -2.01. The quantitative estimate of drug-likeness (QED) is 0.422. The Bertz CT molecular complexity index is 806. The van der Waals surface area contributed by atoms with Crippen LogP contribution in [-0.2, 0) is 0 Å². The number of ether oxygens (including phenoxy) is 3. The summed E-state index contributed by atoms with van der Waals surface area (Å²) in [5.41, 5.74) is 0.896. The van der Waals surface area contributed by atoms with Crippen LogP contribution in [0.2, 0.25) is 0 Å². The molecule has 0 N–H and O–H groups in total. The van der Waals surface area contributed by atoms with Crippen molar-refractivity contribution in [2.24, 2.45) is 0 Å². The fourth-order valence-corrected chi connectivity index (χ4v) is 3.04. The summed E-state index contributed by atoms with van der Waals surface area (Å²) in [5.74, 6) is 3.30. The molecule has 0 atom stereocenters. The molecule has 0 fully saturated rings. The highest BCUT2D eigenvalue weighted by molar-refractivity contribution is 7.99. The molecule has 2 aromatic carbocycles. The Morgan fingerprint density at radius 1 is 0.885 bits per heavy atom. The summed E-state index contributed by atoms with van der Waals surface area (Å²) in [6.07, 6.45) is 0.881. The summed E-state index contributed by atoms with van der Waals surface area (Å²) in [4.78, 5) is 0. The molecule has 0 spiro atoms. The number of rotatable bonds is 9. The van der Waals surface area contributed by atoms with Crippen molar-refractivity contribution in [1.82, 2.24) is 20.2 Å². The Morgan fingerprint density at radius 2 is 1.50 bits per heavy atom. The Balaban J connectivity index is 1.47. The molecule has 8 heteroatoms. The zero-order valence-corrected chi connectivity index (χ0v) is 15.5. The first-order valence-electron chi connectivity index (χ1n) is 8.12. The lowest BCUT2D eigenvalue weighted by Gasteiger charge is -2.07. The van der Waals surface area contributed by atoms with Crippen LogP contribution in [0.1, 0.15) is 6.42 Å². The molecule has 0 bridgehead atoms. The zero-order valence-electron chi connectivity index (χ0n) is 14.7. The van der Waals surface area contributed by atoms with Crippen LogP contribution in [0.5, 0.6) is 17.2 Å². The standard InChI is InChI=1S/C18H20N4O3S/c1-23-15-6-4-14(5-7-15)22-18(19-20-21-22)26-13-3-12-25-17-10-8-16(24-2)9-11-17/h4-11H,3,12-13H2,1-2H3. The SMILES string of the molecule is COc1ccc(OCCCSc2nnnn2-c2ccc(OC)cc2)cc1. The van der Waals surface area contributed by atoms with Crippen molar-refractivity contribution in [3.05, 3.63) is 48.5 Å². The van der Waals surface area contributed by atoms with Gasteiger partial charge in [-0.2, -0.15) is 4.68 Å². The van der Waals surface area contributed by atoms with Crippen molar-refractivity contribution in [1.29, 1.82) is 0 Å². The van der Waals surface area contributed by atoms with E-state index < -0.39 is 0 Å². The molecule has 1 heterocycles. The Hall–Kier alpha value is -2.74. The van der Waals surface area contributed by atoms with Gasteiger partial charge in [0.15, 0.2) is 0 Å². The molecule has 0 amide bonds. The number of benzene rings is 2. The largest absolute Gasteiger partial charge is 0.497 e. The van der Waals surface area contributed by atoms with E-state index in [9.17, 15) is 0 Å². The summed E-state index contributed by atoms with van der Waals surface area (Å²) in [7, 11) is 3.29. The summed E-state index contributed by atoms with van der Waals surface area (Å²) in [5, 5.41) is 12.7. The fourth-order valence-electron chi connectivity index (χ4n) is 2.24. The van der Waals surface area contributed by atoms with Crippen LogP contribution in [0.4, 0.5) is 0 Å². The smallest absolute Gasteiger partial charge is 0.214 e. The van der Waals surface area contributed by atoms with Gasteiger partial charge in [0.1, 0.15) is 17.2 Å². The van der Waals surface area contributed by atoms with E-state index in [-0.39, 0.29) is 0 Å². The molecule has 1 aromatic heterocycles. The number of hydrogen-bond donors (Lipinski definition) is 0. The van der Waals surface area contributed by atoms with E-state index in [4.69, 9.17) is 14.2 Å². The first-order valence-corrected chi connectivity index (χ1v) is 9.11. The van der Waals surface area contributed by atoms with Crippen LogP contribution in [0, 0.1) is 0 Å². The van der Waals surface area contributed by atoms with Gasteiger partial charge >= 0.3 is 0 Å². The molecule has 136 valence electrons. The molecule has 3 aromatic rings. The minimum Gasteiger partial charge on any atom is -0.497 e. The second kappa shape index (κ2) is 9.10. The molecule has 0 aliphatic carbocycles. The summed E-state index contributed by atoms with van der Waals surface area (Å²) in [6, 6.07) is 15.2. The fraction of sp³-hybridized carbons (Fsp3) is 0.278. The number of methoxy groups -OCH3 is 2. The minimum atomic E-state index is 0.628. The van der Waals surface area contributed by atoms with E-state index in [0.717, 1.165) is 40.3 Å². The average Bonchev–Trinajstić information content (AvgIpc) is 3.17. The molecule has 7 nitrogen and oxygen atoms in total. The maximum Gasteiger partial charge on any atom is 0.214 e. The Labute approximate surface area is 156 Å². The Morgan fingerprint density at radius 3 is 2.15 bits per heavy atom. The van der Waals surface area contributed by atoms with Crippen LogP contribution in [0.3, 0.4) is 0 Å². The molecular weight excluding hydrogens is 352 g/mol. The van der Waals surface area contributed by atoms with Crippen molar-refractivity contribution >= 4 is 11.8 Å². The molecule has 0 saturated heterocycles. The van der Waals surface area contributed by atoms with Crippen molar-refractivity contribution in [3.63, 3.8) is 0 Å². The minimum absolute atomic E-state index is 0.628. The normalized spacial score (nSPS) is 10.5. The van der Waals surface area contributed by atoms with Crippen LogP contribution in [0.15, 0.2) is 53.7 Å². The first-order chi connectivity index (χ1) is 12.8. The number of tetrazole rings is 1. The van der Waals surface area contributed by atoms with Crippen molar-refractivity contribution in [2.75, 3.05) is 26.6 Å². The van der Waals surface area contributed by atoms with Crippen LogP contribution in [0.25, 0.3) is 5.69 Å². The van der Waals surface area contributed by atoms with Crippen molar-refractivity contribution in [3.8, 4) is 22.9 Å². The third kappa shape index (κ3) is 4.66. The molecule has 3 rings (SSSR count). The summed E-state index contributed by atoms with van der Waals surface area (Å²) in [6.45, 7) is 0.628. The number of nitrogens with zero attached hydrogens (tertiary/aromatic N) is 4. The van der Waals surface area contributed by atoms with E-state index >= 15 is 0 Å². The predicted octanol–water partition coefficient (Wildman–Crippen LogP) is 3.24. The summed E-state index contributed by atoms with van der Waals surface area (Å²) < 4.78 is 17.7.